The molecule has 1 aromatic carbocycles. The number of allylic oxidation sites excluding steroid dienone is 2. The summed E-state index contributed by atoms with van der Waals surface area (Å²) in [4.78, 5) is 22.8. The van der Waals surface area contributed by atoms with Crippen LogP contribution in [0.5, 0.6) is 0 Å². The Kier molecular flexibility index (Phi) is 6.57. The van der Waals surface area contributed by atoms with Crippen molar-refractivity contribution in [3.05, 3.63) is 76.8 Å². The Bertz CT molecular complexity index is 1050. The molecule has 2 heterocycles. The first kappa shape index (κ1) is 20.5. The third-order valence-electron chi connectivity index (χ3n) is 4.35. The van der Waals surface area contributed by atoms with Crippen molar-refractivity contribution in [3.63, 3.8) is 0 Å². The fourth-order valence-electron chi connectivity index (χ4n) is 2.95. The van der Waals surface area contributed by atoms with E-state index in [1.54, 1.807) is 35.6 Å². The van der Waals surface area contributed by atoms with Gasteiger partial charge in [0.1, 0.15) is 5.82 Å². The van der Waals surface area contributed by atoms with Crippen molar-refractivity contribution in [1.82, 2.24) is 9.97 Å². The van der Waals surface area contributed by atoms with Crippen molar-refractivity contribution >= 4 is 34.9 Å². The Morgan fingerprint density at radius 2 is 1.97 bits per heavy atom. The summed E-state index contributed by atoms with van der Waals surface area (Å²) in [6, 6.07) is 10.7. The van der Waals surface area contributed by atoms with Crippen molar-refractivity contribution < 1.29 is 9.90 Å². The topological polar surface area (TPSA) is 75.1 Å². The molecule has 29 heavy (non-hydrogen) atoms. The van der Waals surface area contributed by atoms with Gasteiger partial charge < -0.3 is 10.4 Å². The van der Waals surface area contributed by atoms with Crippen LogP contribution in [0.2, 0.25) is 0 Å². The third kappa shape index (κ3) is 4.78. The minimum Gasteiger partial charge on any atom is -0.478 e. The van der Waals surface area contributed by atoms with Crippen LogP contribution < -0.4 is 5.32 Å². The van der Waals surface area contributed by atoms with Crippen molar-refractivity contribution in [2.45, 2.75) is 26.7 Å². The van der Waals surface area contributed by atoms with Gasteiger partial charge in [-0.2, -0.15) is 0 Å². The summed E-state index contributed by atoms with van der Waals surface area (Å²) in [5.74, 6) is 0.451. The summed E-state index contributed by atoms with van der Waals surface area (Å²) < 4.78 is 0. The second kappa shape index (κ2) is 9.30. The molecule has 0 aliphatic heterocycles. The average Bonchev–Trinajstić information content (AvgIpc) is 3.18. The fraction of sp³-hybridized carbons (Fsp3) is 0.174. The van der Waals surface area contributed by atoms with Crippen LogP contribution in [0.1, 0.15) is 40.3 Å². The summed E-state index contributed by atoms with van der Waals surface area (Å²) in [6.45, 7) is 7.93. The van der Waals surface area contributed by atoms with Crippen LogP contribution in [0.4, 0.5) is 11.5 Å². The van der Waals surface area contributed by atoms with Gasteiger partial charge in [0.15, 0.2) is 5.82 Å². The molecular weight excluding hydrogens is 382 g/mol. The van der Waals surface area contributed by atoms with E-state index >= 15 is 0 Å². The third-order valence-corrected chi connectivity index (χ3v) is 5.40. The van der Waals surface area contributed by atoms with Gasteiger partial charge in [-0.15, -0.1) is 17.9 Å². The summed E-state index contributed by atoms with van der Waals surface area (Å²) in [5.41, 5.74) is 2.99. The Hall–Kier alpha value is -3.25. The van der Waals surface area contributed by atoms with Crippen LogP contribution in [-0.2, 0) is 12.8 Å². The SMILES string of the molecule is C=CCc1c(CC)nc(-c2ccc(/C=C\C)s2)nc1Nc1ccc(C(=O)O)cc1. The van der Waals surface area contributed by atoms with Gasteiger partial charge in [-0.3, -0.25) is 0 Å². The van der Waals surface area contributed by atoms with Gasteiger partial charge in [0.25, 0.3) is 0 Å². The zero-order valence-electron chi connectivity index (χ0n) is 16.5. The Labute approximate surface area is 174 Å². The van der Waals surface area contributed by atoms with Gasteiger partial charge in [0.05, 0.1) is 10.4 Å². The van der Waals surface area contributed by atoms with Crippen LogP contribution >= 0.6 is 11.3 Å². The first-order valence-corrected chi connectivity index (χ1v) is 10.2. The standard InChI is InChI=1S/C23H23N3O2S/c1-4-7-17-13-14-20(29-17)22-25-19(6-3)18(8-5-2)21(26-22)24-16-11-9-15(10-12-16)23(27)28/h4-5,7,9-14H,2,6,8H2,1,3H3,(H,27,28)(H,24,25,26)/b7-4-. The molecule has 0 bridgehead atoms. The summed E-state index contributed by atoms with van der Waals surface area (Å²) in [7, 11) is 0. The number of benzene rings is 1. The Morgan fingerprint density at radius 3 is 2.59 bits per heavy atom. The number of aromatic carboxylic acids is 1. The number of hydrogen-bond donors (Lipinski definition) is 2. The highest BCUT2D eigenvalue weighted by molar-refractivity contribution is 7.16. The molecule has 0 fully saturated rings. The lowest BCUT2D eigenvalue weighted by Gasteiger charge is -2.15. The predicted molar refractivity (Wildman–Crippen MR) is 120 cm³/mol. The van der Waals surface area contributed by atoms with Gasteiger partial charge >= 0.3 is 5.97 Å². The predicted octanol–water partition coefficient (Wildman–Crippen LogP) is 5.97. The van der Waals surface area contributed by atoms with E-state index in [2.05, 4.69) is 31.0 Å². The molecule has 0 saturated heterocycles. The minimum absolute atomic E-state index is 0.245. The summed E-state index contributed by atoms with van der Waals surface area (Å²) in [5, 5.41) is 12.4. The van der Waals surface area contributed by atoms with Crippen molar-refractivity contribution in [1.29, 1.82) is 0 Å². The van der Waals surface area contributed by atoms with E-state index in [0.29, 0.717) is 12.2 Å². The van der Waals surface area contributed by atoms with E-state index in [1.807, 2.05) is 25.1 Å². The molecule has 2 N–H and O–H groups in total. The molecular formula is C23H23N3O2S. The van der Waals surface area contributed by atoms with E-state index in [4.69, 9.17) is 15.1 Å². The second-order valence-corrected chi connectivity index (χ2v) is 7.49. The molecule has 148 valence electrons. The number of anilines is 2. The number of carboxylic acids is 1. The van der Waals surface area contributed by atoms with Crippen LogP contribution in [0.15, 0.2) is 55.1 Å². The fourth-order valence-corrected chi connectivity index (χ4v) is 3.87. The monoisotopic (exact) mass is 405 g/mol. The van der Waals surface area contributed by atoms with Gasteiger partial charge in [0.2, 0.25) is 0 Å². The largest absolute Gasteiger partial charge is 0.478 e. The zero-order chi connectivity index (χ0) is 20.8. The number of thiophene rings is 1. The first-order valence-electron chi connectivity index (χ1n) is 9.39. The molecule has 0 radical (unpaired) electrons. The Morgan fingerprint density at radius 1 is 1.21 bits per heavy atom. The van der Waals surface area contributed by atoms with Crippen LogP contribution in [-0.4, -0.2) is 21.0 Å². The normalized spacial score (nSPS) is 11.0. The molecule has 2 aromatic heterocycles. The number of nitrogens with one attached hydrogen (secondary N) is 1. The molecule has 5 nitrogen and oxygen atoms in total. The Balaban J connectivity index is 2.04. The number of rotatable bonds is 8. The van der Waals surface area contributed by atoms with E-state index < -0.39 is 5.97 Å². The smallest absolute Gasteiger partial charge is 0.335 e. The molecule has 0 saturated carbocycles. The lowest BCUT2D eigenvalue weighted by atomic mass is 10.1. The molecule has 0 amide bonds. The van der Waals surface area contributed by atoms with Crippen LogP contribution in [0.25, 0.3) is 16.8 Å². The van der Waals surface area contributed by atoms with Gasteiger partial charge in [-0.05, 0) is 62.2 Å². The van der Waals surface area contributed by atoms with Crippen molar-refractivity contribution in [3.8, 4) is 10.7 Å². The maximum absolute atomic E-state index is 11.1. The summed E-state index contributed by atoms with van der Waals surface area (Å²) >= 11 is 1.64. The molecule has 6 heteroatoms. The number of carbonyl (C=O) groups is 1. The number of carboxylic acid groups (broad SMARTS) is 1. The van der Waals surface area contributed by atoms with Gasteiger partial charge in [-0.25, -0.2) is 14.8 Å². The molecule has 3 rings (SSSR count). The van der Waals surface area contributed by atoms with Gasteiger partial charge in [-0.1, -0.05) is 19.1 Å². The van der Waals surface area contributed by atoms with Crippen LogP contribution in [0, 0.1) is 0 Å². The lowest BCUT2D eigenvalue weighted by molar-refractivity contribution is 0.0697. The van der Waals surface area contributed by atoms with E-state index in [9.17, 15) is 4.79 Å². The quantitative estimate of drug-likeness (QED) is 0.452. The second-order valence-electron chi connectivity index (χ2n) is 6.38. The minimum atomic E-state index is -0.948. The maximum Gasteiger partial charge on any atom is 0.335 e. The summed E-state index contributed by atoms with van der Waals surface area (Å²) in [6.07, 6.45) is 7.33. The number of aryl methyl sites for hydroxylation is 1. The highest BCUT2D eigenvalue weighted by Crippen LogP contribution is 2.31. The average molecular weight is 406 g/mol. The van der Waals surface area contributed by atoms with Gasteiger partial charge in [0, 0.05) is 21.8 Å². The molecule has 0 spiro atoms. The zero-order valence-corrected chi connectivity index (χ0v) is 17.3. The van der Waals surface area contributed by atoms with E-state index in [-0.39, 0.29) is 5.56 Å². The first-order chi connectivity index (χ1) is 14.0. The molecule has 3 aromatic rings. The number of aromatic nitrogens is 2. The molecule has 0 aliphatic carbocycles. The number of nitrogens with zero attached hydrogens (tertiary/aromatic N) is 2. The number of hydrogen-bond acceptors (Lipinski definition) is 5. The highest BCUT2D eigenvalue weighted by Gasteiger charge is 2.15. The molecule has 0 unspecified atom stereocenters. The molecule has 0 aliphatic rings. The van der Waals surface area contributed by atoms with E-state index in [0.717, 1.165) is 38.9 Å². The van der Waals surface area contributed by atoms with Crippen molar-refractivity contribution in [2.75, 3.05) is 5.32 Å². The highest BCUT2D eigenvalue weighted by atomic mass is 32.1. The van der Waals surface area contributed by atoms with E-state index in [1.165, 1.54) is 0 Å². The van der Waals surface area contributed by atoms with Crippen LogP contribution in [0.3, 0.4) is 0 Å². The maximum atomic E-state index is 11.1. The van der Waals surface area contributed by atoms with Crippen molar-refractivity contribution in [2.24, 2.45) is 0 Å². The molecule has 0 atom stereocenters. The lowest BCUT2D eigenvalue weighted by Crippen LogP contribution is -2.07.